The quantitative estimate of drug-likeness (QED) is 0.298. The number of H-pyrrole nitrogens is 1. The summed E-state index contributed by atoms with van der Waals surface area (Å²) >= 11 is 0. The lowest BCUT2D eigenvalue weighted by Gasteiger charge is -2.11. The maximum atomic E-state index is 13.1. The first-order valence-corrected chi connectivity index (χ1v) is 11.2. The number of nitrogens with one attached hydrogen (secondary N) is 2. The van der Waals surface area contributed by atoms with Crippen LogP contribution in [-0.4, -0.2) is 26.3 Å². The Kier molecular flexibility index (Phi) is 5.83. The number of benzene rings is 3. The van der Waals surface area contributed by atoms with E-state index in [4.69, 9.17) is 0 Å². The molecule has 1 aliphatic rings. The molecule has 2 heterocycles. The van der Waals surface area contributed by atoms with E-state index in [9.17, 15) is 24.8 Å². The maximum absolute atomic E-state index is 13.1. The molecule has 0 spiro atoms. The van der Waals surface area contributed by atoms with Crippen LogP contribution >= 0.6 is 0 Å². The van der Waals surface area contributed by atoms with Gasteiger partial charge in [-0.2, -0.15) is 5.26 Å². The third kappa shape index (κ3) is 4.13. The van der Waals surface area contributed by atoms with Gasteiger partial charge in [-0.05, 0) is 36.8 Å². The summed E-state index contributed by atoms with van der Waals surface area (Å²) in [5.74, 6) is -1.28. The number of nitriles is 1. The minimum Gasteiger partial charge on any atom is -0.493 e. The van der Waals surface area contributed by atoms with E-state index in [2.05, 4.69) is 15.3 Å². The number of amides is 1. The van der Waals surface area contributed by atoms with Crippen molar-refractivity contribution in [1.82, 2.24) is 9.55 Å². The predicted octanol–water partition coefficient (Wildman–Crippen LogP) is 3.26. The van der Waals surface area contributed by atoms with E-state index in [1.165, 1.54) is 0 Å². The Labute approximate surface area is 210 Å². The molecular formula is C28H19N5O4. The molecule has 0 aliphatic carbocycles. The smallest absolute Gasteiger partial charge is 0.335 e. The van der Waals surface area contributed by atoms with Crippen molar-refractivity contribution in [3.63, 3.8) is 0 Å². The van der Waals surface area contributed by atoms with E-state index in [-0.39, 0.29) is 22.5 Å². The zero-order chi connectivity index (χ0) is 26.1. The van der Waals surface area contributed by atoms with Crippen LogP contribution in [0.1, 0.15) is 22.3 Å². The zero-order valence-corrected chi connectivity index (χ0v) is 19.5. The number of hydrogen-bond acceptors (Lipinski definition) is 6. The van der Waals surface area contributed by atoms with E-state index in [0.29, 0.717) is 22.5 Å². The van der Waals surface area contributed by atoms with E-state index < -0.39 is 23.0 Å². The van der Waals surface area contributed by atoms with Gasteiger partial charge in [-0.15, -0.1) is 0 Å². The molecule has 1 amide bonds. The molecule has 1 aromatic heterocycles. The van der Waals surface area contributed by atoms with E-state index in [1.807, 2.05) is 19.1 Å². The van der Waals surface area contributed by atoms with Crippen LogP contribution < -0.4 is 16.6 Å². The number of aromatic amines is 1. The number of nitrogens with zero attached hydrogens (tertiary/aromatic N) is 3. The minimum absolute atomic E-state index is 0.0325. The van der Waals surface area contributed by atoms with Crippen molar-refractivity contribution >= 4 is 23.0 Å². The number of aromatic hydroxyl groups is 1. The van der Waals surface area contributed by atoms with Crippen LogP contribution in [-0.2, 0) is 4.79 Å². The van der Waals surface area contributed by atoms with Crippen LogP contribution in [0.15, 0.2) is 99.0 Å². The Hall–Kier alpha value is -5.49. The number of carbonyl (C=O) groups excluding carboxylic acids is 1. The van der Waals surface area contributed by atoms with E-state index in [0.717, 1.165) is 10.1 Å². The molecule has 1 aliphatic heterocycles. The number of aliphatic imine (C=N–C) groups is 1. The number of hydrogen-bond donors (Lipinski definition) is 3. The van der Waals surface area contributed by atoms with Crippen molar-refractivity contribution in [3.05, 3.63) is 128 Å². The first kappa shape index (κ1) is 23.3. The standard InChI is InChI=1S/C28H19N5O4/c1-16-8-7-9-17(14-16)30-25(34)21(15-29)23-19-12-5-6-13-20(19)24(31-23)22-26(35)32-28(37)33(27(22)36)18-10-3-2-4-11-18/h2-14,36H,1H3,(H,30,34)(H,32,35,37)/b23-21-. The number of carbonyl (C=O) groups is 1. The lowest BCUT2D eigenvalue weighted by molar-refractivity contribution is -0.112. The molecule has 4 aromatic rings. The lowest BCUT2D eigenvalue weighted by Crippen LogP contribution is -2.33. The average Bonchev–Trinajstić information content (AvgIpc) is 3.24. The van der Waals surface area contributed by atoms with Crippen LogP contribution in [0.25, 0.3) is 11.4 Å². The van der Waals surface area contributed by atoms with Crippen molar-refractivity contribution in [3.8, 4) is 17.6 Å². The lowest BCUT2D eigenvalue weighted by atomic mass is 9.99. The second-order valence-electron chi connectivity index (χ2n) is 8.29. The fraction of sp³-hybridized carbons (Fsp3) is 0.0357. The first-order chi connectivity index (χ1) is 17.9. The summed E-state index contributed by atoms with van der Waals surface area (Å²) in [4.78, 5) is 45.3. The average molecular weight is 489 g/mol. The fourth-order valence-electron chi connectivity index (χ4n) is 4.19. The summed E-state index contributed by atoms with van der Waals surface area (Å²) in [5.41, 5.74) is 0.509. The maximum Gasteiger partial charge on any atom is 0.335 e. The van der Waals surface area contributed by atoms with Gasteiger partial charge in [-0.25, -0.2) is 14.4 Å². The van der Waals surface area contributed by atoms with Crippen LogP contribution in [0.3, 0.4) is 0 Å². The van der Waals surface area contributed by atoms with Gasteiger partial charge in [0, 0.05) is 16.8 Å². The number of para-hydroxylation sites is 1. The van der Waals surface area contributed by atoms with Gasteiger partial charge in [0.05, 0.1) is 17.1 Å². The van der Waals surface area contributed by atoms with Crippen molar-refractivity contribution in [2.75, 3.05) is 5.32 Å². The summed E-state index contributed by atoms with van der Waals surface area (Å²) in [5, 5.41) is 23.7. The normalized spacial score (nSPS) is 13.4. The van der Waals surface area contributed by atoms with Crippen molar-refractivity contribution in [2.45, 2.75) is 6.92 Å². The van der Waals surface area contributed by atoms with Gasteiger partial charge in [0.1, 0.15) is 17.2 Å². The molecule has 0 saturated carbocycles. The molecule has 9 heteroatoms. The summed E-state index contributed by atoms with van der Waals surface area (Å²) < 4.78 is 0.958. The third-order valence-electron chi connectivity index (χ3n) is 5.85. The summed E-state index contributed by atoms with van der Waals surface area (Å²) in [6.07, 6.45) is 0. The molecule has 0 atom stereocenters. The Morgan fingerprint density at radius 2 is 1.70 bits per heavy atom. The van der Waals surface area contributed by atoms with Gasteiger partial charge in [0.25, 0.3) is 11.5 Å². The molecule has 3 N–H and O–H groups in total. The molecule has 0 saturated heterocycles. The van der Waals surface area contributed by atoms with Gasteiger partial charge in [-0.1, -0.05) is 54.6 Å². The van der Waals surface area contributed by atoms with Crippen molar-refractivity contribution in [1.29, 1.82) is 5.26 Å². The van der Waals surface area contributed by atoms with E-state index >= 15 is 0 Å². The first-order valence-electron chi connectivity index (χ1n) is 11.2. The molecule has 3 aromatic carbocycles. The second kappa shape index (κ2) is 9.28. The third-order valence-corrected chi connectivity index (χ3v) is 5.85. The molecule has 37 heavy (non-hydrogen) atoms. The van der Waals surface area contributed by atoms with Crippen molar-refractivity contribution in [2.24, 2.45) is 4.99 Å². The predicted molar refractivity (Wildman–Crippen MR) is 139 cm³/mol. The molecule has 5 rings (SSSR count). The number of fused-ring (bicyclic) bond motifs is 1. The van der Waals surface area contributed by atoms with Gasteiger partial charge in [0.2, 0.25) is 5.88 Å². The number of anilines is 1. The largest absolute Gasteiger partial charge is 0.493 e. The Balaban J connectivity index is 1.70. The molecule has 9 nitrogen and oxygen atoms in total. The monoisotopic (exact) mass is 489 g/mol. The summed E-state index contributed by atoms with van der Waals surface area (Å²) in [6.45, 7) is 1.88. The highest BCUT2D eigenvalue weighted by Gasteiger charge is 2.31. The number of rotatable bonds is 4. The zero-order valence-electron chi connectivity index (χ0n) is 19.5. The van der Waals surface area contributed by atoms with Gasteiger partial charge in [0.15, 0.2) is 0 Å². The second-order valence-corrected chi connectivity index (χ2v) is 8.29. The van der Waals surface area contributed by atoms with E-state index in [1.54, 1.807) is 72.8 Å². The van der Waals surface area contributed by atoms with Crippen LogP contribution in [0.4, 0.5) is 5.69 Å². The minimum atomic E-state index is -0.854. The fourth-order valence-corrected chi connectivity index (χ4v) is 4.19. The molecule has 0 unspecified atom stereocenters. The summed E-state index contributed by atoms with van der Waals surface area (Å²) in [6, 6.07) is 24.1. The topological polar surface area (TPSA) is 140 Å². The highest BCUT2D eigenvalue weighted by Crippen LogP contribution is 2.35. The van der Waals surface area contributed by atoms with Crippen LogP contribution in [0.5, 0.6) is 5.88 Å². The van der Waals surface area contributed by atoms with Gasteiger partial charge < -0.3 is 10.4 Å². The molecule has 0 radical (unpaired) electrons. The SMILES string of the molecule is Cc1cccc(NC(=O)/C(C#N)=C2\N=C(c3c(O)n(-c4ccccc4)c(=O)[nH]c3=O)c3ccccc32)c1. The molecular weight excluding hydrogens is 470 g/mol. The summed E-state index contributed by atoms with van der Waals surface area (Å²) in [7, 11) is 0. The Morgan fingerprint density at radius 1 is 1.00 bits per heavy atom. The van der Waals surface area contributed by atoms with Crippen LogP contribution in [0, 0.1) is 18.3 Å². The molecule has 180 valence electrons. The van der Waals surface area contributed by atoms with Gasteiger partial charge in [-0.3, -0.25) is 14.6 Å². The number of aromatic nitrogens is 2. The van der Waals surface area contributed by atoms with Gasteiger partial charge >= 0.3 is 5.69 Å². The highest BCUT2D eigenvalue weighted by molar-refractivity contribution is 6.24. The highest BCUT2D eigenvalue weighted by atomic mass is 16.3. The van der Waals surface area contributed by atoms with Crippen molar-refractivity contribution < 1.29 is 9.90 Å². The Bertz CT molecular complexity index is 1790. The molecule has 0 bridgehead atoms. The number of aryl methyl sites for hydroxylation is 1. The Morgan fingerprint density at radius 3 is 2.41 bits per heavy atom. The van der Waals surface area contributed by atoms with Crippen LogP contribution in [0.2, 0.25) is 0 Å². The molecule has 0 fully saturated rings.